The standard InChI is InChI=1S/C12H20N4O4S/c1-4-9(2)8-15(3)21(19,20)11-7-5-6-10(14-13)12(11)16(17)18/h5-7,9,14H,4,8,13H2,1-3H3. The number of hydrogen-bond donors (Lipinski definition) is 2. The monoisotopic (exact) mass is 316 g/mol. The summed E-state index contributed by atoms with van der Waals surface area (Å²) in [6.45, 7) is 4.15. The fraction of sp³-hybridized carbons (Fsp3) is 0.500. The Bertz CT molecular complexity index is 618. The molecule has 0 bridgehead atoms. The van der Waals surface area contributed by atoms with Crippen molar-refractivity contribution in [3.8, 4) is 0 Å². The largest absolute Gasteiger partial charge is 0.318 e. The third-order valence-corrected chi connectivity index (χ3v) is 5.15. The van der Waals surface area contributed by atoms with Gasteiger partial charge >= 0.3 is 5.69 Å². The molecule has 3 N–H and O–H groups in total. The molecule has 0 aromatic heterocycles. The highest BCUT2D eigenvalue weighted by molar-refractivity contribution is 7.89. The molecule has 1 aromatic rings. The van der Waals surface area contributed by atoms with Crippen molar-refractivity contribution in [2.24, 2.45) is 11.8 Å². The van der Waals surface area contributed by atoms with Crippen LogP contribution in [0.2, 0.25) is 0 Å². The van der Waals surface area contributed by atoms with Gasteiger partial charge in [0, 0.05) is 13.6 Å². The second-order valence-corrected chi connectivity index (χ2v) is 6.87. The lowest BCUT2D eigenvalue weighted by Crippen LogP contribution is -2.31. The van der Waals surface area contributed by atoms with Crippen LogP contribution in [-0.2, 0) is 10.0 Å². The molecule has 0 saturated heterocycles. The van der Waals surface area contributed by atoms with Gasteiger partial charge in [-0.3, -0.25) is 16.0 Å². The Morgan fingerprint density at radius 2 is 2.10 bits per heavy atom. The lowest BCUT2D eigenvalue weighted by Gasteiger charge is -2.20. The Kier molecular flexibility index (Phi) is 5.64. The van der Waals surface area contributed by atoms with E-state index >= 15 is 0 Å². The fourth-order valence-corrected chi connectivity index (χ4v) is 3.34. The van der Waals surface area contributed by atoms with E-state index in [2.05, 4.69) is 5.43 Å². The van der Waals surface area contributed by atoms with Crippen LogP contribution in [0.4, 0.5) is 11.4 Å². The number of nitro benzene ring substituents is 1. The van der Waals surface area contributed by atoms with E-state index in [0.717, 1.165) is 10.7 Å². The molecule has 0 amide bonds. The van der Waals surface area contributed by atoms with Gasteiger partial charge in [-0.15, -0.1) is 0 Å². The zero-order valence-corrected chi connectivity index (χ0v) is 13.1. The average Bonchev–Trinajstić information content (AvgIpc) is 2.45. The molecular weight excluding hydrogens is 296 g/mol. The predicted molar refractivity (Wildman–Crippen MR) is 80.2 cm³/mol. The van der Waals surface area contributed by atoms with E-state index in [1.165, 1.54) is 25.2 Å². The van der Waals surface area contributed by atoms with Crippen molar-refractivity contribution in [3.05, 3.63) is 28.3 Å². The van der Waals surface area contributed by atoms with E-state index < -0.39 is 20.6 Å². The molecule has 0 heterocycles. The van der Waals surface area contributed by atoms with Crippen molar-refractivity contribution in [1.29, 1.82) is 0 Å². The van der Waals surface area contributed by atoms with Crippen molar-refractivity contribution in [1.82, 2.24) is 4.31 Å². The maximum atomic E-state index is 12.5. The molecule has 0 radical (unpaired) electrons. The van der Waals surface area contributed by atoms with E-state index in [4.69, 9.17) is 5.84 Å². The van der Waals surface area contributed by atoms with Gasteiger partial charge in [-0.2, -0.15) is 0 Å². The number of rotatable bonds is 7. The number of anilines is 1. The number of para-hydroxylation sites is 1. The molecule has 0 aliphatic rings. The minimum atomic E-state index is -3.96. The molecule has 8 nitrogen and oxygen atoms in total. The first-order valence-electron chi connectivity index (χ1n) is 6.46. The summed E-state index contributed by atoms with van der Waals surface area (Å²) in [5.41, 5.74) is 1.57. The Morgan fingerprint density at radius 3 is 2.57 bits per heavy atom. The smallest absolute Gasteiger partial charge is 0.313 e. The van der Waals surface area contributed by atoms with Gasteiger partial charge in [-0.25, -0.2) is 12.7 Å². The van der Waals surface area contributed by atoms with Crippen molar-refractivity contribution in [3.63, 3.8) is 0 Å². The minimum Gasteiger partial charge on any atom is -0.318 e. The van der Waals surface area contributed by atoms with Gasteiger partial charge in [0.05, 0.1) is 4.92 Å². The zero-order chi connectivity index (χ0) is 16.2. The summed E-state index contributed by atoms with van der Waals surface area (Å²) < 4.78 is 26.2. The number of nitrogens with two attached hydrogens (primary N) is 1. The number of sulfonamides is 1. The van der Waals surface area contributed by atoms with Gasteiger partial charge in [0.2, 0.25) is 10.0 Å². The van der Waals surface area contributed by atoms with Gasteiger partial charge in [-0.1, -0.05) is 26.3 Å². The Labute approximate surface area is 124 Å². The number of nitrogen functional groups attached to an aromatic ring is 1. The molecule has 21 heavy (non-hydrogen) atoms. The van der Waals surface area contributed by atoms with Crippen molar-refractivity contribution < 1.29 is 13.3 Å². The first-order valence-corrected chi connectivity index (χ1v) is 7.90. The molecular formula is C12H20N4O4S. The van der Waals surface area contributed by atoms with Gasteiger partial charge in [0.15, 0.2) is 4.90 Å². The van der Waals surface area contributed by atoms with Gasteiger partial charge in [0.25, 0.3) is 0 Å². The van der Waals surface area contributed by atoms with Crippen LogP contribution in [0.3, 0.4) is 0 Å². The highest BCUT2D eigenvalue weighted by atomic mass is 32.2. The topological polar surface area (TPSA) is 119 Å². The zero-order valence-electron chi connectivity index (χ0n) is 12.2. The van der Waals surface area contributed by atoms with Crippen LogP contribution in [0.5, 0.6) is 0 Å². The van der Waals surface area contributed by atoms with Crippen LogP contribution >= 0.6 is 0 Å². The Morgan fingerprint density at radius 1 is 1.48 bits per heavy atom. The first kappa shape index (κ1) is 17.3. The van der Waals surface area contributed by atoms with E-state index in [1.807, 2.05) is 13.8 Å². The molecule has 0 aliphatic carbocycles. The second kappa shape index (κ2) is 6.83. The summed E-state index contributed by atoms with van der Waals surface area (Å²) in [6, 6.07) is 3.97. The summed E-state index contributed by atoms with van der Waals surface area (Å²) in [5.74, 6) is 5.37. The van der Waals surface area contributed by atoms with Crippen LogP contribution in [0, 0.1) is 16.0 Å². The molecule has 118 valence electrons. The molecule has 1 aromatic carbocycles. The van der Waals surface area contributed by atoms with Gasteiger partial charge < -0.3 is 5.43 Å². The molecule has 1 rings (SSSR count). The highest BCUT2D eigenvalue weighted by Crippen LogP contribution is 2.33. The Hall–Kier alpha value is -1.71. The quantitative estimate of drug-likeness (QED) is 0.447. The molecule has 0 aliphatic heterocycles. The Balaban J connectivity index is 3.35. The maximum absolute atomic E-state index is 12.5. The number of nitrogens with one attached hydrogen (secondary N) is 1. The van der Waals surface area contributed by atoms with Crippen LogP contribution in [-0.4, -0.2) is 31.2 Å². The summed E-state index contributed by atoms with van der Waals surface area (Å²) in [7, 11) is -2.55. The summed E-state index contributed by atoms with van der Waals surface area (Å²) >= 11 is 0. The third kappa shape index (κ3) is 3.69. The summed E-state index contributed by atoms with van der Waals surface area (Å²) in [5, 5.41) is 11.2. The molecule has 0 saturated carbocycles. The number of benzene rings is 1. The molecule has 0 fully saturated rings. The van der Waals surface area contributed by atoms with Crippen molar-refractivity contribution in [2.45, 2.75) is 25.2 Å². The lowest BCUT2D eigenvalue weighted by molar-refractivity contribution is -0.386. The van der Waals surface area contributed by atoms with E-state index in [0.29, 0.717) is 0 Å². The van der Waals surface area contributed by atoms with E-state index in [-0.39, 0.29) is 23.0 Å². The number of nitrogens with zero attached hydrogens (tertiary/aromatic N) is 2. The van der Waals surface area contributed by atoms with Crippen LogP contribution in [0.25, 0.3) is 0 Å². The van der Waals surface area contributed by atoms with E-state index in [1.54, 1.807) is 0 Å². The summed E-state index contributed by atoms with van der Waals surface area (Å²) in [4.78, 5) is 10.1. The fourth-order valence-electron chi connectivity index (χ4n) is 1.87. The van der Waals surface area contributed by atoms with Crippen molar-refractivity contribution in [2.75, 3.05) is 19.0 Å². The highest BCUT2D eigenvalue weighted by Gasteiger charge is 2.32. The third-order valence-electron chi connectivity index (χ3n) is 3.29. The van der Waals surface area contributed by atoms with Crippen molar-refractivity contribution >= 4 is 21.4 Å². The van der Waals surface area contributed by atoms with Gasteiger partial charge in [0.1, 0.15) is 5.69 Å². The molecule has 1 unspecified atom stereocenters. The van der Waals surface area contributed by atoms with Gasteiger partial charge in [-0.05, 0) is 18.1 Å². The summed E-state index contributed by atoms with van der Waals surface area (Å²) in [6.07, 6.45) is 0.812. The van der Waals surface area contributed by atoms with Crippen LogP contribution in [0.15, 0.2) is 23.1 Å². The number of hydrogen-bond acceptors (Lipinski definition) is 6. The average molecular weight is 316 g/mol. The van der Waals surface area contributed by atoms with Crippen LogP contribution in [0.1, 0.15) is 20.3 Å². The first-order chi connectivity index (χ1) is 9.75. The second-order valence-electron chi connectivity index (χ2n) is 4.85. The maximum Gasteiger partial charge on any atom is 0.313 e. The van der Waals surface area contributed by atoms with Crippen LogP contribution < -0.4 is 11.3 Å². The molecule has 0 spiro atoms. The SMILES string of the molecule is CCC(C)CN(C)S(=O)(=O)c1cccc(NN)c1[N+](=O)[O-]. The van der Waals surface area contributed by atoms with E-state index in [9.17, 15) is 18.5 Å². The normalized spacial score (nSPS) is 13.2. The molecule has 1 atom stereocenters. The predicted octanol–water partition coefficient (Wildman–Crippen LogP) is 1.55. The minimum absolute atomic E-state index is 0.0435. The lowest BCUT2D eigenvalue weighted by atomic mass is 10.1. The molecule has 9 heteroatoms. The number of nitro groups is 1. The number of hydrazine groups is 1.